The number of aryl methyl sites for hydroxylation is 1. The van der Waals surface area contributed by atoms with Gasteiger partial charge in [-0.15, -0.1) is 11.8 Å². The zero-order valence-electron chi connectivity index (χ0n) is 11.4. The van der Waals surface area contributed by atoms with Crippen molar-refractivity contribution in [3.05, 3.63) is 18.0 Å². The van der Waals surface area contributed by atoms with Gasteiger partial charge in [0.1, 0.15) is 12.1 Å². The number of nitrogens with zero attached hydrogens (tertiary/aromatic N) is 3. The van der Waals surface area contributed by atoms with E-state index in [1.807, 2.05) is 6.92 Å². The standard InChI is InChI=1S/C12H18N4O3S/c1-3-9-16(8(6-20-9)12(18)19)11(17)10(13)7-4-14-15(2)5-7/h4-5,8-10H,3,6,13H2,1-2H3,(H,18,19). The van der Waals surface area contributed by atoms with Crippen LogP contribution in [0, 0.1) is 0 Å². The van der Waals surface area contributed by atoms with E-state index in [9.17, 15) is 14.7 Å². The van der Waals surface area contributed by atoms with Gasteiger partial charge in [0.15, 0.2) is 0 Å². The second-order valence-corrected chi connectivity index (χ2v) is 5.93. The summed E-state index contributed by atoms with van der Waals surface area (Å²) in [5, 5.41) is 13.1. The van der Waals surface area contributed by atoms with Crippen molar-refractivity contribution in [1.82, 2.24) is 14.7 Å². The van der Waals surface area contributed by atoms with E-state index >= 15 is 0 Å². The monoisotopic (exact) mass is 298 g/mol. The quantitative estimate of drug-likeness (QED) is 0.822. The average molecular weight is 298 g/mol. The van der Waals surface area contributed by atoms with Crippen LogP contribution in [0.4, 0.5) is 0 Å². The summed E-state index contributed by atoms with van der Waals surface area (Å²) >= 11 is 1.48. The second-order valence-electron chi connectivity index (χ2n) is 4.72. The Hall–Kier alpha value is -1.54. The Morgan fingerprint density at radius 2 is 2.35 bits per heavy atom. The molecule has 2 rings (SSSR count). The fourth-order valence-electron chi connectivity index (χ4n) is 2.27. The van der Waals surface area contributed by atoms with E-state index in [2.05, 4.69) is 5.10 Å². The number of thioether (sulfide) groups is 1. The highest BCUT2D eigenvalue weighted by atomic mass is 32.2. The molecule has 0 radical (unpaired) electrons. The molecule has 1 aliphatic rings. The van der Waals surface area contributed by atoms with E-state index < -0.39 is 18.1 Å². The summed E-state index contributed by atoms with van der Waals surface area (Å²) in [6.07, 6.45) is 3.89. The first kappa shape index (κ1) is 14.9. The van der Waals surface area contributed by atoms with Crippen molar-refractivity contribution in [1.29, 1.82) is 0 Å². The van der Waals surface area contributed by atoms with Crippen LogP contribution in [0.25, 0.3) is 0 Å². The van der Waals surface area contributed by atoms with Crippen molar-refractivity contribution in [2.45, 2.75) is 30.8 Å². The molecule has 8 heteroatoms. The molecule has 3 N–H and O–H groups in total. The molecule has 2 heterocycles. The largest absolute Gasteiger partial charge is 0.480 e. The second kappa shape index (κ2) is 5.84. The van der Waals surface area contributed by atoms with Gasteiger partial charge in [0.2, 0.25) is 5.91 Å². The zero-order valence-corrected chi connectivity index (χ0v) is 12.2. The smallest absolute Gasteiger partial charge is 0.327 e. The molecule has 7 nitrogen and oxygen atoms in total. The van der Waals surface area contributed by atoms with Gasteiger partial charge in [0.05, 0.1) is 11.6 Å². The van der Waals surface area contributed by atoms with Gasteiger partial charge in [-0.05, 0) is 6.42 Å². The van der Waals surface area contributed by atoms with Gasteiger partial charge in [-0.2, -0.15) is 5.10 Å². The summed E-state index contributed by atoms with van der Waals surface area (Å²) in [6.45, 7) is 1.93. The van der Waals surface area contributed by atoms with Gasteiger partial charge in [0, 0.05) is 24.6 Å². The van der Waals surface area contributed by atoms with Crippen molar-refractivity contribution < 1.29 is 14.7 Å². The van der Waals surface area contributed by atoms with Crippen LogP contribution in [0.2, 0.25) is 0 Å². The molecule has 3 atom stereocenters. The molecule has 1 amide bonds. The van der Waals surface area contributed by atoms with Gasteiger partial charge in [-0.25, -0.2) is 4.79 Å². The van der Waals surface area contributed by atoms with Gasteiger partial charge in [-0.3, -0.25) is 9.48 Å². The molecular formula is C12H18N4O3S. The number of hydrogen-bond donors (Lipinski definition) is 2. The first-order chi connectivity index (χ1) is 9.45. The molecule has 20 heavy (non-hydrogen) atoms. The molecule has 1 saturated heterocycles. The van der Waals surface area contributed by atoms with Crippen molar-refractivity contribution in [3.63, 3.8) is 0 Å². The lowest BCUT2D eigenvalue weighted by Crippen LogP contribution is -2.49. The Morgan fingerprint density at radius 1 is 1.65 bits per heavy atom. The number of carbonyl (C=O) groups excluding carboxylic acids is 1. The Kier molecular flexibility index (Phi) is 4.34. The van der Waals surface area contributed by atoms with Crippen LogP contribution in [-0.4, -0.2) is 48.8 Å². The maximum Gasteiger partial charge on any atom is 0.327 e. The number of carboxylic acid groups (broad SMARTS) is 1. The minimum atomic E-state index is -0.986. The first-order valence-corrected chi connectivity index (χ1v) is 7.41. The molecule has 1 aromatic rings. The van der Waals surface area contributed by atoms with Gasteiger partial charge in [0.25, 0.3) is 0 Å². The number of amides is 1. The van der Waals surface area contributed by atoms with Crippen LogP contribution in [0.15, 0.2) is 12.4 Å². The molecule has 0 aliphatic carbocycles. The van der Waals surface area contributed by atoms with Crippen molar-refractivity contribution in [2.75, 3.05) is 5.75 Å². The number of aromatic nitrogens is 2. The van der Waals surface area contributed by atoms with Crippen molar-refractivity contribution in [3.8, 4) is 0 Å². The number of aliphatic carboxylic acids is 1. The lowest BCUT2D eigenvalue weighted by Gasteiger charge is -2.28. The molecule has 3 unspecified atom stereocenters. The first-order valence-electron chi connectivity index (χ1n) is 6.36. The van der Waals surface area contributed by atoms with E-state index in [4.69, 9.17) is 5.73 Å². The maximum atomic E-state index is 12.5. The highest BCUT2D eigenvalue weighted by molar-refractivity contribution is 8.00. The zero-order chi connectivity index (χ0) is 14.9. The molecule has 1 aromatic heterocycles. The van der Waals surface area contributed by atoms with Crippen LogP contribution in [0.3, 0.4) is 0 Å². The molecule has 110 valence electrons. The highest BCUT2D eigenvalue weighted by Crippen LogP contribution is 2.33. The molecule has 1 fully saturated rings. The Morgan fingerprint density at radius 3 is 2.85 bits per heavy atom. The fourth-order valence-corrected chi connectivity index (χ4v) is 3.62. The lowest BCUT2D eigenvalue weighted by molar-refractivity contribution is -0.149. The number of nitrogens with two attached hydrogens (primary N) is 1. The predicted molar refractivity (Wildman–Crippen MR) is 74.9 cm³/mol. The summed E-state index contributed by atoms with van der Waals surface area (Å²) < 4.78 is 1.56. The third-order valence-corrected chi connectivity index (χ3v) is 4.78. The Balaban J connectivity index is 2.22. The van der Waals surface area contributed by atoms with E-state index in [-0.39, 0.29) is 11.3 Å². The van der Waals surface area contributed by atoms with Crippen molar-refractivity contribution in [2.24, 2.45) is 12.8 Å². The van der Waals surface area contributed by atoms with Gasteiger partial charge >= 0.3 is 5.97 Å². The Bertz CT molecular complexity index is 519. The SMILES string of the molecule is CCC1SCC(C(=O)O)N1C(=O)C(N)c1cnn(C)c1. The number of carbonyl (C=O) groups is 2. The van der Waals surface area contributed by atoms with Crippen LogP contribution in [-0.2, 0) is 16.6 Å². The molecule has 0 saturated carbocycles. The number of rotatable bonds is 4. The summed E-state index contributed by atoms with van der Waals surface area (Å²) in [4.78, 5) is 25.2. The third kappa shape index (κ3) is 2.66. The predicted octanol–water partition coefficient (Wildman–Crippen LogP) is 0.185. The maximum absolute atomic E-state index is 12.5. The minimum Gasteiger partial charge on any atom is -0.480 e. The molecule has 0 spiro atoms. The van der Waals surface area contributed by atoms with E-state index in [0.717, 1.165) is 0 Å². The molecular weight excluding hydrogens is 280 g/mol. The fraction of sp³-hybridized carbons (Fsp3) is 0.583. The lowest BCUT2D eigenvalue weighted by atomic mass is 10.1. The van der Waals surface area contributed by atoms with Crippen LogP contribution >= 0.6 is 11.8 Å². The average Bonchev–Trinajstić information content (AvgIpc) is 3.02. The number of carboxylic acids is 1. The number of hydrogen-bond acceptors (Lipinski definition) is 5. The van der Waals surface area contributed by atoms with E-state index in [1.54, 1.807) is 17.9 Å². The summed E-state index contributed by atoms with van der Waals surface area (Å²) in [5.74, 6) is -0.943. The Labute approximate surface area is 121 Å². The summed E-state index contributed by atoms with van der Waals surface area (Å²) in [7, 11) is 1.74. The van der Waals surface area contributed by atoms with E-state index in [0.29, 0.717) is 17.7 Å². The molecule has 0 aromatic carbocycles. The topological polar surface area (TPSA) is 101 Å². The molecule has 1 aliphatic heterocycles. The van der Waals surface area contributed by atoms with Crippen LogP contribution in [0.1, 0.15) is 24.9 Å². The highest BCUT2D eigenvalue weighted by Gasteiger charge is 2.42. The summed E-state index contributed by atoms with van der Waals surface area (Å²) in [6, 6.07) is -1.68. The van der Waals surface area contributed by atoms with E-state index in [1.165, 1.54) is 22.9 Å². The summed E-state index contributed by atoms with van der Waals surface area (Å²) in [5.41, 5.74) is 6.56. The van der Waals surface area contributed by atoms with Gasteiger partial charge in [-0.1, -0.05) is 6.92 Å². The third-order valence-electron chi connectivity index (χ3n) is 3.33. The van der Waals surface area contributed by atoms with Crippen molar-refractivity contribution >= 4 is 23.6 Å². The van der Waals surface area contributed by atoms with Gasteiger partial charge < -0.3 is 15.7 Å². The molecule has 0 bridgehead atoms. The van der Waals surface area contributed by atoms with Crippen LogP contribution < -0.4 is 5.73 Å². The van der Waals surface area contributed by atoms with Crippen LogP contribution in [0.5, 0.6) is 0 Å². The minimum absolute atomic E-state index is 0.133. The normalized spacial score (nSPS) is 23.9.